The van der Waals surface area contributed by atoms with Gasteiger partial charge in [-0.1, -0.05) is 0 Å². The summed E-state index contributed by atoms with van der Waals surface area (Å²) in [4.78, 5) is 14.9. The van der Waals surface area contributed by atoms with Gasteiger partial charge < -0.3 is 5.73 Å². The van der Waals surface area contributed by atoms with Gasteiger partial charge in [0, 0.05) is 18.6 Å². The van der Waals surface area contributed by atoms with E-state index in [0.29, 0.717) is 5.69 Å². The van der Waals surface area contributed by atoms with Crippen LogP contribution in [0.5, 0.6) is 0 Å². The van der Waals surface area contributed by atoms with Crippen LogP contribution in [-0.2, 0) is 7.05 Å². The van der Waals surface area contributed by atoms with Crippen molar-refractivity contribution in [3.63, 3.8) is 0 Å². The standard InChI is InChI=1S/C8H8N4O.ClH/c1-12-6-4-10-3-2-5(6)7(11-12)8(9)13;/h2-4H,1H3,(H2,9,13);1H. The number of nitrogens with two attached hydrogens (primary N) is 1. The lowest BCUT2D eigenvalue weighted by molar-refractivity contribution is 0.0996. The number of halogens is 1. The van der Waals surface area contributed by atoms with E-state index in [9.17, 15) is 4.79 Å². The number of hydrogen-bond donors (Lipinski definition) is 1. The third kappa shape index (κ3) is 1.42. The van der Waals surface area contributed by atoms with Crippen molar-refractivity contribution in [3.8, 4) is 0 Å². The minimum Gasteiger partial charge on any atom is -0.364 e. The van der Waals surface area contributed by atoms with Crippen LogP contribution in [0.2, 0.25) is 0 Å². The Balaban J connectivity index is 0.000000980. The largest absolute Gasteiger partial charge is 0.364 e. The van der Waals surface area contributed by atoms with Crippen molar-refractivity contribution in [1.82, 2.24) is 14.8 Å². The van der Waals surface area contributed by atoms with Crippen LogP contribution >= 0.6 is 12.4 Å². The Morgan fingerprint density at radius 2 is 2.29 bits per heavy atom. The van der Waals surface area contributed by atoms with Gasteiger partial charge in [0.2, 0.25) is 0 Å². The van der Waals surface area contributed by atoms with Gasteiger partial charge in [0.1, 0.15) is 0 Å². The molecular formula is C8H9ClN4O. The van der Waals surface area contributed by atoms with E-state index in [1.165, 1.54) is 0 Å². The molecule has 0 unspecified atom stereocenters. The molecule has 2 aromatic heterocycles. The van der Waals surface area contributed by atoms with Crippen LogP contribution in [0.15, 0.2) is 18.5 Å². The number of hydrogen-bond acceptors (Lipinski definition) is 3. The summed E-state index contributed by atoms with van der Waals surface area (Å²) in [7, 11) is 1.75. The number of fused-ring (bicyclic) bond motifs is 1. The highest BCUT2D eigenvalue weighted by molar-refractivity contribution is 6.03. The molecule has 2 aromatic rings. The molecule has 0 aromatic carbocycles. The number of aromatic nitrogens is 3. The summed E-state index contributed by atoms with van der Waals surface area (Å²) in [5, 5.41) is 4.73. The van der Waals surface area contributed by atoms with E-state index >= 15 is 0 Å². The lowest BCUT2D eigenvalue weighted by Crippen LogP contribution is -2.12. The first-order valence-corrected chi connectivity index (χ1v) is 3.76. The Labute approximate surface area is 86.3 Å². The monoisotopic (exact) mass is 212 g/mol. The number of pyridine rings is 1. The van der Waals surface area contributed by atoms with Gasteiger partial charge >= 0.3 is 0 Å². The van der Waals surface area contributed by atoms with Crippen molar-refractivity contribution in [2.75, 3.05) is 0 Å². The zero-order valence-corrected chi connectivity index (χ0v) is 8.28. The van der Waals surface area contributed by atoms with Crippen molar-refractivity contribution in [1.29, 1.82) is 0 Å². The van der Waals surface area contributed by atoms with Gasteiger partial charge in [0.05, 0.1) is 11.7 Å². The molecule has 2 N–H and O–H groups in total. The van der Waals surface area contributed by atoms with Crippen LogP contribution in [0, 0.1) is 0 Å². The van der Waals surface area contributed by atoms with Gasteiger partial charge in [-0.3, -0.25) is 14.5 Å². The minimum atomic E-state index is -0.517. The summed E-state index contributed by atoms with van der Waals surface area (Å²) >= 11 is 0. The summed E-state index contributed by atoms with van der Waals surface area (Å²) < 4.78 is 1.59. The molecule has 0 atom stereocenters. The van der Waals surface area contributed by atoms with Crippen LogP contribution < -0.4 is 5.73 Å². The summed E-state index contributed by atoms with van der Waals surface area (Å²) in [6.45, 7) is 0. The third-order valence-electron chi connectivity index (χ3n) is 1.89. The number of primary amides is 1. The summed E-state index contributed by atoms with van der Waals surface area (Å²) in [5.74, 6) is -0.517. The molecular weight excluding hydrogens is 204 g/mol. The smallest absolute Gasteiger partial charge is 0.269 e. The molecule has 1 amide bonds. The van der Waals surface area contributed by atoms with Crippen molar-refractivity contribution < 1.29 is 4.79 Å². The Hall–Kier alpha value is -1.62. The Morgan fingerprint density at radius 1 is 1.57 bits per heavy atom. The summed E-state index contributed by atoms with van der Waals surface area (Å²) in [5.41, 5.74) is 6.25. The summed E-state index contributed by atoms with van der Waals surface area (Å²) in [6, 6.07) is 1.72. The van der Waals surface area contributed by atoms with E-state index in [0.717, 1.165) is 10.9 Å². The first-order valence-electron chi connectivity index (χ1n) is 3.76. The van der Waals surface area contributed by atoms with Crippen LogP contribution in [0.4, 0.5) is 0 Å². The van der Waals surface area contributed by atoms with E-state index in [2.05, 4.69) is 10.1 Å². The average molecular weight is 213 g/mol. The second-order valence-corrected chi connectivity index (χ2v) is 2.73. The van der Waals surface area contributed by atoms with Crippen LogP contribution in [0.3, 0.4) is 0 Å². The van der Waals surface area contributed by atoms with Gasteiger partial charge in [-0.2, -0.15) is 5.10 Å². The van der Waals surface area contributed by atoms with E-state index in [4.69, 9.17) is 5.73 Å². The maximum absolute atomic E-state index is 11.0. The van der Waals surface area contributed by atoms with Crippen LogP contribution in [0.1, 0.15) is 10.5 Å². The zero-order chi connectivity index (χ0) is 9.42. The Kier molecular flexibility index (Phi) is 2.71. The van der Waals surface area contributed by atoms with Crippen LogP contribution in [0.25, 0.3) is 10.9 Å². The van der Waals surface area contributed by atoms with E-state index < -0.39 is 5.91 Å². The van der Waals surface area contributed by atoms with Crippen molar-refractivity contribution in [3.05, 3.63) is 24.2 Å². The van der Waals surface area contributed by atoms with Crippen molar-refractivity contribution in [2.24, 2.45) is 12.8 Å². The number of aryl methyl sites for hydroxylation is 1. The number of amides is 1. The highest BCUT2D eigenvalue weighted by Crippen LogP contribution is 2.15. The SMILES string of the molecule is Cl.Cn1nc(C(N)=O)c2ccncc21. The lowest BCUT2D eigenvalue weighted by atomic mass is 10.2. The zero-order valence-electron chi connectivity index (χ0n) is 7.47. The Morgan fingerprint density at radius 3 is 2.93 bits per heavy atom. The van der Waals surface area contributed by atoms with E-state index in [1.54, 1.807) is 30.2 Å². The maximum atomic E-state index is 11.0. The molecule has 0 fully saturated rings. The topological polar surface area (TPSA) is 73.8 Å². The lowest BCUT2D eigenvalue weighted by Gasteiger charge is -1.89. The van der Waals surface area contributed by atoms with Gasteiger partial charge in [0.15, 0.2) is 5.69 Å². The molecule has 0 spiro atoms. The normalized spacial score (nSPS) is 9.79. The molecule has 2 rings (SSSR count). The predicted molar refractivity (Wildman–Crippen MR) is 54.3 cm³/mol. The molecule has 0 bridgehead atoms. The number of carbonyl (C=O) groups excluding carboxylic acids is 1. The minimum absolute atomic E-state index is 0. The quantitative estimate of drug-likeness (QED) is 0.748. The van der Waals surface area contributed by atoms with Gasteiger partial charge in [-0.25, -0.2) is 0 Å². The molecule has 0 saturated heterocycles. The molecule has 14 heavy (non-hydrogen) atoms. The molecule has 74 valence electrons. The van der Waals surface area contributed by atoms with E-state index in [1.807, 2.05) is 0 Å². The number of carbonyl (C=O) groups is 1. The molecule has 6 heteroatoms. The fourth-order valence-electron chi connectivity index (χ4n) is 1.28. The van der Waals surface area contributed by atoms with Gasteiger partial charge in [0.25, 0.3) is 5.91 Å². The maximum Gasteiger partial charge on any atom is 0.269 e. The average Bonchev–Trinajstić information content (AvgIpc) is 2.45. The van der Waals surface area contributed by atoms with Gasteiger partial charge in [-0.15, -0.1) is 12.4 Å². The molecule has 0 saturated carbocycles. The third-order valence-corrected chi connectivity index (χ3v) is 1.89. The highest BCUT2D eigenvalue weighted by Gasteiger charge is 2.11. The van der Waals surface area contributed by atoms with Gasteiger partial charge in [-0.05, 0) is 6.07 Å². The van der Waals surface area contributed by atoms with E-state index in [-0.39, 0.29) is 12.4 Å². The predicted octanol–water partition coefficient (Wildman–Crippen LogP) is 0.489. The second kappa shape index (κ2) is 3.63. The molecule has 0 radical (unpaired) electrons. The fraction of sp³-hybridized carbons (Fsp3) is 0.125. The molecule has 5 nitrogen and oxygen atoms in total. The number of nitrogens with zero attached hydrogens (tertiary/aromatic N) is 3. The summed E-state index contributed by atoms with van der Waals surface area (Å²) in [6.07, 6.45) is 3.26. The molecule has 0 aliphatic heterocycles. The molecule has 0 aliphatic carbocycles. The van der Waals surface area contributed by atoms with Crippen molar-refractivity contribution >= 4 is 29.2 Å². The van der Waals surface area contributed by atoms with Crippen molar-refractivity contribution in [2.45, 2.75) is 0 Å². The van der Waals surface area contributed by atoms with Crippen LogP contribution in [-0.4, -0.2) is 20.7 Å². The first kappa shape index (κ1) is 10.5. The Bertz CT molecular complexity index is 479. The molecule has 2 heterocycles. The molecule has 0 aliphatic rings. The first-order chi connectivity index (χ1) is 6.20. The fourth-order valence-corrected chi connectivity index (χ4v) is 1.28. The second-order valence-electron chi connectivity index (χ2n) is 2.73. The highest BCUT2D eigenvalue weighted by atomic mass is 35.5. The number of rotatable bonds is 1.